The lowest BCUT2D eigenvalue weighted by molar-refractivity contribution is -0.137. The number of aryl methyl sites for hydroxylation is 1. The van der Waals surface area contributed by atoms with Crippen LogP contribution in [-0.4, -0.2) is 35.6 Å². The van der Waals surface area contributed by atoms with Crippen LogP contribution in [0.2, 0.25) is 0 Å². The maximum Gasteiger partial charge on any atom is 0.418 e. The molecule has 3 aromatic rings. The Hall–Kier alpha value is -3.37. The Balaban J connectivity index is 2.20. The van der Waals surface area contributed by atoms with Crippen molar-refractivity contribution in [1.29, 1.82) is 0 Å². The highest BCUT2D eigenvalue weighted by Crippen LogP contribution is 2.41. The van der Waals surface area contributed by atoms with Crippen LogP contribution in [0.1, 0.15) is 23.9 Å². The van der Waals surface area contributed by atoms with Crippen LogP contribution in [0.4, 0.5) is 43.7 Å². The molecule has 3 rings (SSSR count). The van der Waals surface area contributed by atoms with Crippen LogP contribution in [0.15, 0.2) is 42.5 Å². The Morgan fingerprint density at radius 3 is 2.03 bits per heavy atom. The molecule has 176 valence electrons. The summed E-state index contributed by atoms with van der Waals surface area (Å²) in [7, 11) is 3.24. The monoisotopic (exact) mass is 469 g/mol. The fourth-order valence-corrected chi connectivity index (χ4v) is 3.32. The molecule has 0 amide bonds. The number of hydrogen-bond donors (Lipinski definition) is 0. The molecule has 0 saturated carbocycles. The predicted molar refractivity (Wildman–Crippen MR) is 113 cm³/mol. The second-order valence-corrected chi connectivity index (χ2v) is 7.39. The van der Waals surface area contributed by atoms with Crippen molar-refractivity contribution in [1.82, 2.24) is 15.0 Å². The molecule has 0 spiro atoms. The summed E-state index contributed by atoms with van der Waals surface area (Å²) in [6.45, 7) is 3.08. The van der Waals surface area contributed by atoms with Gasteiger partial charge in [0.15, 0.2) is 5.82 Å². The molecular formula is C22H21F6N5. The summed E-state index contributed by atoms with van der Waals surface area (Å²) >= 11 is 0. The van der Waals surface area contributed by atoms with Crippen LogP contribution in [0.5, 0.6) is 0 Å². The van der Waals surface area contributed by atoms with Gasteiger partial charge < -0.3 is 9.80 Å². The van der Waals surface area contributed by atoms with Crippen LogP contribution >= 0.6 is 0 Å². The topological polar surface area (TPSA) is 45.2 Å². The molecule has 1 aromatic heterocycles. The van der Waals surface area contributed by atoms with E-state index in [0.717, 1.165) is 12.1 Å². The molecule has 0 unspecified atom stereocenters. The summed E-state index contributed by atoms with van der Waals surface area (Å²) in [5.41, 5.74) is -2.02. The van der Waals surface area contributed by atoms with Crippen molar-refractivity contribution in [2.24, 2.45) is 0 Å². The Labute approximate surface area is 186 Å². The van der Waals surface area contributed by atoms with Crippen molar-refractivity contribution in [3.05, 3.63) is 59.4 Å². The van der Waals surface area contributed by atoms with Gasteiger partial charge >= 0.3 is 12.4 Å². The number of rotatable bonds is 5. The van der Waals surface area contributed by atoms with E-state index >= 15 is 0 Å². The fourth-order valence-electron chi connectivity index (χ4n) is 3.32. The van der Waals surface area contributed by atoms with E-state index in [2.05, 4.69) is 15.0 Å². The normalized spacial score (nSPS) is 12.1. The lowest BCUT2D eigenvalue weighted by Gasteiger charge is -2.26. The van der Waals surface area contributed by atoms with E-state index in [1.54, 1.807) is 21.0 Å². The summed E-state index contributed by atoms with van der Waals surface area (Å²) in [4.78, 5) is 15.0. The molecule has 0 aliphatic carbocycles. The molecular weight excluding hydrogens is 448 g/mol. The van der Waals surface area contributed by atoms with Crippen molar-refractivity contribution in [3.63, 3.8) is 0 Å². The average molecular weight is 469 g/mol. The molecule has 0 aliphatic heterocycles. The minimum atomic E-state index is -4.68. The largest absolute Gasteiger partial charge is 0.418 e. The third-order valence-electron chi connectivity index (χ3n) is 4.86. The van der Waals surface area contributed by atoms with Gasteiger partial charge in [0.25, 0.3) is 0 Å². The lowest BCUT2D eigenvalue weighted by atomic mass is 10.1. The minimum Gasteiger partial charge on any atom is -0.378 e. The first-order valence-electron chi connectivity index (χ1n) is 9.88. The van der Waals surface area contributed by atoms with Crippen molar-refractivity contribution in [3.8, 4) is 11.4 Å². The number of hydrogen-bond acceptors (Lipinski definition) is 5. The van der Waals surface area contributed by atoms with Gasteiger partial charge in [0, 0.05) is 31.9 Å². The van der Waals surface area contributed by atoms with Gasteiger partial charge in [-0.05, 0) is 38.1 Å². The van der Waals surface area contributed by atoms with Gasteiger partial charge in [-0.1, -0.05) is 18.2 Å². The Bertz CT molecular complexity index is 1140. The SMILES string of the molecule is CCN(c1nc(C)nc(-c2ccccc2C(F)(F)F)n1)c1ccc(N(C)C)cc1C(F)(F)F. The Morgan fingerprint density at radius 1 is 0.818 bits per heavy atom. The van der Waals surface area contributed by atoms with Crippen molar-refractivity contribution >= 4 is 17.3 Å². The van der Waals surface area contributed by atoms with E-state index < -0.39 is 23.5 Å². The third kappa shape index (κ3) is 5.18. The third-order valence-corrected chi connectivity index (χ3v) is 4.86. The minimum absolute atomic E-state index is 0.0359. The molecule has 0 fully saturated rings. The number of anilines is 3. The zero-order valence-electron chi connectivity index (χ0n) is 18.3. The second kappa shape index (κ2) is 8.87. The summed E-state index contributed by atoms with van der Waals surface area (Å²) in [5.74, 6) is -0.383. The zero-order valence-corrected chi connectivity index (χ0v) is 18.3. The summed E-state index contributed by atoms with van der Waals surface area (Å²) in [6, 6.07) is 8.57. The van der Waals surface area contributed by atoms with E-state index in [-0.39, 0.29) is 35.4 Å². The average Bonchev–Trinajstić information content (AvgIpc) is 2.72. The van der Waals surface area contributed by atoms with E-state index in [9.17, 15) is 26.3 Å². The highest BCUT2D eigenvalue weighted by atomic mass is 19.4. The molecule has 11 heteroatoms. The molecule has 0 bridgehead atoms. The predicted octanol–water partition coefficient (Wildman–Crippen LogP) is 6.11. The smallest absolute Gasteiger partial charge is 0.378 e. The molecule has 33 heavy (non-hydrogen) atoms. The zero-order chi connectivity index (χ0) is 24.6. The van der Waals surface area contributed by atoms with Crippen molar-refractivity contribution in [2.75, 3.05) is 30.4 Å². The molecule has 0 atom stereocenters. The first-order chi connectivity index (χ1) is 15.3. The van der Waals surface area contributed by atoms with Crippen LogP contribution in [0, 0.1) is 6.92 Å². The van der Waals surface area contributed by atoms with Gasteiger partial charge in [0.2, 0.25) is 5.95 Å². The maximum atomic E-state index is 13.9. The first-order valence-corrected chi connectivity index (χ1v) is 9.88. The molecule has 0 saturated heterocycles. The molecule has 0 N–H and O–H groups in total. The van der Waals surface area contributed by atoms with E-state index in [1.165, 1.54) is 47.1 Å². The van der Waals surface area contributed by atoms with Crippen molar-refractivity contribution < 1.29 is 26.3 Å². The Kier molecular flexibility index (Phi) is 6.53. The van der Waals surface area contributed by atoms with E-state index in [4.69, 9.17) is 0 Å². The maximum absolute atomic E-state index is 13.9. The summed E-state index contributed by atoms with van der Waals surface area (Å²) < 4.78 is 82.2. The van der Waals surface area contributed by atoms with Crippen molar-refractivity contribution in [2.45, 2.75) is 26.2 Å². The molecule has 5 nitrogen and oxygen atoms in total. The molecule has 2 aromatic carbocycles. The van der Waals surface area contributed by atoms with Crippen LogP contribution in [-0.2, 0) is 12.4 Å². The quantitative estimate of drug-likeness (QED) is 0.422. The lowest BCUT2D eigenvalue weighted by Crippen LogP contribution is -2.24. The van der Waals surface area contributed by atoms with Gasteiger partial charge in [0.05, 0.1) is 16.8 Å². The fraction of sp³-hybridized carbons (Fsp3) is 0.318. The standard InChI is InChI=1S/C22H21F6N5/c1-5-33(18-11-10-14(32(3)4)12-17(18)22(26,27)28)20-30-13(2)29-19(31-20)15-8-6-7-9-16(15)21(23,24)25/h6-12H,5H2,1-4H3. The highest BCUT2D eigenvalue weighted by Gasteiger charge is 2.37. The number of halogens is 6. The molecule has 0 radical (unpaired) electrons. The van der Waals surface area contributed by atoms with Gasteiger partial charge in [-0.25, -0.2) is 4.98 Å². The van der Waals surface area contributed by atoms with Crippen LogP contribution < -0.4 is 9.80 Å². The Morgan fingerprint density at radius 2 is 1.45 bits per heavy atom. The first kappa shape index (κ1) is 24.3. The highest BCUT2D eigenvalue weighted by molar-refractivity contribution is 5.69. The number of alkyl halides is 6. The van der Waals surface area contributed by atoms with Crippen LogP contribution in [0.25, 0.3) is 11.4 Å². The van der Waals surface area contributed by atoms with Gasteiger partial charge in [-0.2, -0.15) is 36.3 Å². The second-order valence-electron chi connectivity index (χ2n) is 7.39. The van der Waals surface area contributed by atoms with E-state index in [1.807, 2.05) is 0 Å². The number of aromatic nitrogens is 3. The van der Waals surface area contributed by atoms with E-state index in [0.29, 0.717) is 5.69 Å². The summed E-state index contributed by atoms with van der Waals surface area (Å²) in [5, 5.41) is 0. The van der Waals surface area contributed by atoms with Gasteiger partial charge in [-0.3, -0.25) is 0 Å². The molecule has 0 aliphatic rings. The van der Waals surface area contributed by atoms with Gasteiger partial charge in [0.1, 0.15) is 5.82 Å². The number of nitrogens with zero attached hydrogens (tertiary/aromatic N) is 5. The van der Waals surface area contributed by atoms with Gasteiger partial charge in [-0.15, -0.1) is 0 Å². The van der Waals surface area contributed by atoms with Crippen LogP contribution in [0.3, 0.4) is 0 Å². The molecule has 1 heterocycles. The number of benzene rings is 2. The summed E-state index contributed by atoms with van der Waals surface area (Å²) in [6.07, 6.45) is -9.34.